The van der Waals surface area contributed by atoms with Crippen molar-refractivity contribution in [2.45, 2.75) is 45.1 Å². The molecule has 2 N–H and O–H groups in total. The Labute approximate surface area is 165 Å². The summed E-state index contributed by atoms with van der Waals surface area (Å²) >= 11 is 0. The second-order valence-electron chi connectivity index (χ2n) is 6.65. The molecule has 0 aliphatic carbocycles. The van der Waals surface area contributed by atoms with Crippen LogP contribution in [0.25, 0.3) is 16.7 Å². The number of pyridine rings is 1. The van der Waals surface area contributed by atoms with E-state index in [0.717, 1.165) is 18.5 Å². The number of ether oxygens (including phenoxy) is 1. The third-order valence-corrected chi connectivity index (χ3v) is 4.85. The van der Waals surface area contributed by atoms with Gasteiger partial charge in [-0.15, -0.1) is 13.2 Å². The van der Waals surface area contributed by atoms with Gasteiger partial charge in [-0.1, -0.05) is 13.8 Å². The molecule has 156 valence electrons. The summed E-state index contributed by atoms with van der Waals surface area (Å²) in [7, 11) is 0. The fourth-order valence-electron chi connectivity index (χ4n) is 3.40. The fraction of sp³-hybridized carbons (Fsp3) is 0.400. The number of hydrogen-bond donors (Lipinski definition) is 2. The molecule has 0 amide bonds. The number of benzene rings is 1. The van der Waals surface area contributed by atoms with E-state index in [1.165, 1.54) is 35.1 Å². The van der Waals surface area contributed by atoms with Crippen molar-refractivity contribution in [3.63, 3.8) is 0 Å². The van der Waals surface area contributed by atoms with Crippen LogP contribution in [0.3, 0.4) is 0 Å². The van der Waals surface area contributed by atoms with E-state index in [1.807, 2.05) is 13.8 Å². The van der Waals surface area contributed by atoms with Crippen LogP contribution < -0.4 is 4.74 Å². The zero-order valence-electron chi connectivity index (χ0n) is 16.0. The summed E-state index contributed by atoms with van der Waals surface area (Å²) in [6.07, 6.45) is -2.73. The van der Waals surface area contributed by atoms with Gasteiger partial charge in [0.1, 0.15) is 11.9 Å². The molecule has 9 heteroatoms. The Bertz CT molecular complexity index is 967. The third-order valence-electron chi connectivity index (χ3n) is 4.85. The van der Waals surface area contributed by atoms with Crippen molar-refractivity contribution in [3.05, 3.63) is 47.8 Å². The van der Waals surface area contributed by atoms with Crippen molar-refractivity contribution < 1.29 is 28.1 Å². The van der Waals surface area contributed by atoms with E-state index in [0.29, 0.717) is 22.3 Å². The normalized spacial score (nSPS) is 13.2. The Kier molecular flexibility index (Phi) is 6.09. The van der Waals surface area contributed by atoms with Gasteiger partial charge in [0.2, 0.25) is 0 Å². The molecule has 1 aromatic carbocycles. The maximum atomic E-state index is 12.4. The highest BCUT2D eigenvalue weighted by molar-refractivity contribution is 5.84. The van der Waals surface area contributed by atoms with Gasteiger partial charge in [0, 0.05) is 17.5 Å². The molecule has 0 radical (unpaired) electrons. The lowest BCUT2D eigenvalue weighted by Crippen LogP contribution is -2.17. The van der Waals surface area contributed by atoms with Gasteiger partial charge in [-0.25, -0.2) is 9.67 Å². The maximum absolute atomic E-state index is 12.4. The lowest BCUT2D eigenvalue weighted by molar-refractivity contribution is -0.274. The first kappa shape index (κ1) is 21.1. The van der Waals surface area contributed by atoms with Gasteiger partial charge in [-0.2, -0.15) is 5.10 Å². The molecule has 0 saturated carbocycles. The highest BCUT2D eigenvalue weighted by atomic mass is 19.4. The van der Waals surface area contributed by atoms with Crippen molar-refractivity contribution in [3.8, 4) is 11.4 Å². The van der Waals surface area contributed by atoms with Crippen molar-refractivity contribution in [2.24, 2.45) is 0 Å². The topological polar surface area (TPSA) is 80.4 Å². The minimum Gasteiger partial charge on any atom is -0.406 e. The van der Waals surface area contributed by atoms with E-state index in [9.17, 15) is 23.4 Å². The number of aliphatic hydroxyl groups is 2. The Morgan fingerprint density at radius 2 is 1.76 bits per heavy atom. The average Bonchev–Trinajstić information content (AvgIpc) is 3.07. The SMILES string of the molecule is CCC(CC)c1nn(-c2ccc(OC(F)(F)F)cc2)c2nccc(C(O)CO)c12. The second-order valence-corrected chi connectivity index (χ2v) is 6.65. The molecular weight excluding hydrogens is 387 g/mol. The van der Waals surface area contributed by atoms with Crippen molar-refractivity contribution in [2.75, 3.05) is 6.61 Å². The second kappa shape index (κ2) is 8.38. The van der Waals surface area contributed by atoms with E-state index >= 15 is 0 Å². The summed E-state index contributed by atoms with van der Waals surface area (Å²) in [6.45, 7) is 3.61. The predicted molar refractivity (Wildman–Crippen MR) is 101 cm³/mol. The number of rotatable bonds is 7. The molecule has 0 fully saturated rings. The maximum Gasteiger partial charge on any atom is 0.573 e. The highest BCUT2D eigenvalue weighted by Gasteiger charge is 2.31. The smallest absolute Gasteiger partial charge is 0.406 e. The predicted octanol–water partition coefficient (Wildman–Crippen LogP) is 4.25. The molecule has 29 heavy (non-hydrogen) atoms. The first-order chi connectivity index (χ1) is 13.8. The van der Waals surface area contributed by atoms with Crippen molar-refractivity contribution >= 4 is 11.0 Å². The molecule has 1 unspecified atom stereocenters. The zero-order valence-corrected chi connectivity index (χ0v) is 16.0. The first-order valence-corrected chi connectivity index (χ1v) is 9.31. The minimum absolute atomic E-state index is 0.0976. The van der Waals surface area contributed by atoms with Gasteiger partial charge >= 0.3 is 6.36 Å². The number of hydrogen-bond acceptors (Lipinski definition) is 5. The van der Waals surface area contributed by atoms with Crippen LogP contribution in [0.1, 0.15) is 50.0 Å². The molecule has 0 aliphatic rings. The lowest BCUT2D eigenvalue weighted by Gasteiger charge is -2.13. The van der Waals surface area contributed by atoms with Gasteiger partial charge in [0.25, 0.3) is 0 Å². The Hall–Kier alpha value is -2.65. The summed E-state index contributed by atoms with van der Waals surface area (Å²) in [4.78, 5) is 4.38. The van der Waals surface area contributed by atoms with Crippen molar-refractivity contribution in [1.29, 1.82) is 0 Å². The average molecular weight is 409 g/mol. The first-order valence-electron chi connectivity index (χ1n) is 9.31. The molecule has 2 aromatic heterocycles. The minimum atomic E-state index is -4.76. The molecule has 3 aromatic rings. The summed E-state index contributed by atoms with van der Waals surface area (Å²) in [5.41, 5.74) is 2.21. The number of fused-ring (bicyclic) bond motifs is 1. The molecule has 0 spiro atoms. The molecule has 1 atom stereocenters. The van der Waals surface area contributed by atoms with Crippen LogP contribution >= 0.6 is 0 Å². The molecule has 0 saturated heterocycles. The Morgan fingerprint density at radius 3 is 2.31 bits per heavy atom. The summed E-state index contributed by atoms with van der Waals surface area (Å²) in [6, 6.07) is 6.97. The molecule has 0 bridgehead atoms. The van der Waals surface area contributed by atoms with Gasteiger partial charge in [-0.05, 0) is 48.7 Å². The number of halogens is 3. The summed E-state index contributed by atoms with van der Waals surface area (Å²) in [5.74, 6) is -0.234. The quantitative estimate of drug-likeness (QED) is 0.610. The van der Waals surface area contributed by atoms with Gasteiger partial charge < -0.3 is 14.9 Å². The van der Waals surface area contributed by atoms with E-state index in [1.54, 1.807) is 6.07 Å². The van der Waals surface area contributed by atoms with E-state index < -0.39 is 19.1 Å². The third kappa shape index (κ3) is 4.35. The Balaban J connectivity index is 2.16. The molecular formula is C20H22F3N3O3. The molecule has 6 nitrogen and oxygen atoms in total. The van der Waals surface area contributed by atoms with E-state index in [4.69, 9.17) is 0 Å². The van der Waals surface area contributed by atoms with Crippen LogP contribution in [0, 0.1) is 0 Å². The van der Waals surface area contributed by atoms with E-state index in [2.05, 4.69) is 14.8 Å². The van der Waals surface area contributed by atoms with Crippen LogP contribution in [0.2, 0.25) is 0 Å². The fourth-order valence-corrected chi connectivity index (χ4v) is 3.40. The molecule has 2 heterocycles. The number of alkyl halides is 3. The van der Waals surface area contributed by atoms with Crippen LogP contribution in [-0.2, 0) is 0 Å². The Morgan fingerprint density at radius 1 is 1.10 bits per heavy atom. The standard InChI is InChI=1S/C20H22F3N3O3/c1-3-12(4-2)18-17-15(16(28)11-27)9-10-24-19(17)26(25-18)13-5-7-14(8-6-13)29-20(21,22)23/h5-10,12,16,27-28H,3-4,11H2,1-2H3. The van der Waals surface area contributed by atoms with Gasteiger partial charge in [-0.3, -0.25) is 0 Å². The van der Waals surface area contributed by atoms with Crippen LogP contribution in [0.15, 0.2) is 36.5 Å². The van der Waals surface area contributed by atoms with E-state index in [-0.39, 0.29) is 11.7 Å². The lowest BCUT2D eigenvalue weighted by atomic mass is 9.94. The van der Waals surface area contributed by atoms with Crippen molar-refractivity contribution in [1.82, 2.24) is 14.8 Å². The van der Waals surface area contributed by atoms with Gasteiger partial charge in [0.05, 0.1) is 18.0 Å². The summed E-state index contributed by atoms with van der Waals surface area (Å²) in [5, 5.41) is 25.0. The molecule has 3 rings (SSSR count). The number of aromatic nitrogens is 3. The monoisotopic (exact) mass is 409 g/mol. The summed E-state index contributed by atoms with van der Waals surface area (Å²) < 4.78 is 42.7. The number of nitrogens with zero attached hydrogens (tertiary/aromatic N) is 3. The van der Waals surface area contributed by atoms with Crippen LogP contribution in [-0.4, -0.2) is 37.9 Å². The molecule has 0 aliphatic heterocycles. The highest BCUT2D eigenvalue weighted by Crippen LogP contribution is 2.35. The van der Waals surface area contributed by atoms with Gasteiger partial charge in [0.15, 0.2) is 5.65 Å². The van der Waals surface area contributed by atoms with Crippen LogP contribution in [0.5, 0.6) is 5.75 Å². The largest absolute Gasteiger partial charge is 0.573 e. The number of aliphatic hydroxyl groups excluding tert-OH is 2. The van der Waals surface area contributed by atoms with Crippen LogP contribution in [0.4, 0.5) is 13.2 Å². The zero-order chi connectivity index (χ0) is 21.2.